The number of aryl methyl sites for hydroxylation is 2. The summed E-state index contributed by atoms with van der Waals surface area (Å²) in [6, 6.07) is 8.38. The maximum atomic E-state index is 12.7. The Morgan fingerprint density at radius 1 is 1.19 bits per heavy atom. The first-order chi connectivity index (χ1) is 13.0. The first kappa shape index (κ1) is 17.3. The number of aromatic nitrogens is 4. The molecule has 0 spiro atoms. The van der Waals surface area contributed by atoms with Crippen LogP contribution in [0, 0.1) is 6.92 Å². The Bertz CT molecular complexity index is 1050. The number of anilines is 1. The van der Waals surface area contributed by atoms with Gasteiger partial charge in [-0.05, 0) is 24.6 Å². The minimum atomic E-state index is -0.236. The number of piperazine rings is 1. The lowest BCUT2D eigenvalue weighted by atomic mass is 10.2. The molecular formula is C19H22N6O2. The molecule has 27 heavy (non-hydrogen) atoms. The molecule has 140 valence electrons. The van der Waals surface area contributed by atoms with E-state index in [1.165, 1.54) is 28.3 Å². The molecule has 0 saturated carbocycles. The lowest BCUT2D eigenvalue weighted by molar-refractivity contribution is -0.132. The van der Waals surface area contributed by atoms with E-state index in [2.05, 4.69) is 46.2 Å². The molecule has 0 bridgehead atoms. The smallest absolute Gasteiger partial charge is 0.264 e. The third kappa shape index (κ3) is 3.30. The van der Waals surface area contributed by atoms with Gasteiger partial charge >= 0.3 is 0 Å². The lowest BCUT2D eigenvalue weighted by Crippen LogP contribution is -2.50. The zero-order valence-electron chi connectivity index (χ0n) is 15.5. The number of benzene rings is 1. The second-order valence-corrected chi connectivity index (χ2v) is 6.89. The van der Waals surface area contributed by atoms with Crippen molar-refractivity contribution in [1.29, 1.82) is 0 Å². The Kier molecular flexibility index (Phi) is 4.39. The number of carbonyl (C=O) groups is 1. The van der Waals surface area contributed by atoms with Crippen LogP contribution < -0.4 is 10.5 Å². The van der Waals surface area contributed by atoms with Gasteiger partial charge in [-0.1, -0.05) is 12.1 Å². The van der Waals surface area contributed by atoms with E-state index in [0.29, 0.717) is 24.1 Å². The van der Waals surface area contributed by atoms with Crippen LogP contribution in [0.15, 0.2) is 41.6 Å². The molecule has 0 N–H and O–H groups in total. The molecule has 0 aliphatic carbocycles. The third-order valence-corrected chi connectivity index (χ3v) is 5.02. The van der Waals surface area contributed by atoms with Crippen LogP contribution in [0.4, 0.5) is 5.69 Å². The Morgan fingerprint density at radius 3 is 2.70 bits per heavy atom. The van der Waals surface area contributed by atoms with Crippen molar-refractivity contribution in [3.8, 4) is 0 Å². The van der Waals surface area contributed by atoms with Crippen LogP contribution in [0.3, 0.4) is 0 Å². The van der Waals surface area contributed by atoms with Crippen LogP contribution in [-0.2, 0) is 18.4 Å². The van der Waals surface area contributed by atoms with Gasteiger partial charge in [-0.2, -0.15) is 5.10 Å². The average molecular weight is 366 g/mol. The van der Waals surface area contributed by atoms with Crippen LogP contribution in [-0.4, -0.2) is 56.3 Å². The van der Waals surface area contributed by atoms with Gasteiger partial charge in [0.2, 0.25) is 5.91 Å². The summed E-state index contributed by atoms with van der Waals surface area (Å²) < 4.78 is 2.91. The summed E-state index contributed by atoms with van der Waals surface area (Å²) in [6.45, 7) is 4.93. The number of hydrogen-bond donors (Lipinski definition) is 0. The summed E-state index contributed by atoms with van der Waals surface area (Å²) in [7, 11) is 1.73. The van der Waals surface area contributed by atoms with E-state index in [0.717, 1.165) is 13.1 Å². The van der Waals surface area contributed by atoms with E-state index in [-0.39, 0.29) is 18.0 Å². The maximum absolute atomic E-state index is 12.7. The molecule has 1 aliphatic rings. The molecule has 3 heterocycles. The number of fused-ring (bicyclic) bond motifs is 1. The monoisotopic (exact) mass is 366 g/mol. The van der Waals surface area contributed by atoms with Gasteiger partial charge in [0.25, 0.3) is 5.56 Å². The van der Waals surface area contributed by atoms with Crippen molar-refractivity contribution in [2.45, 2.75) is 13.5 Å². The second kappa shape index (κ2) is 6.86. The van der Waals surface area contributed by atoms with Gasteiger partial charge < -0.3 is 9.80 Å². The minimum Gasteiger partial charge on any atom is -0.368 e. The van der Waals surface area contributed by atoms with Gasteiger partial charge in [-0.25, -0.2) is 4.98 Å². The predicted octanol–water partition coefficient (Wildman–Crippen LogP) is 0.787. The fourth-order valence-corrected chi connectivity index (χ4v) is 3.46. The average Bonchev–Trinajstić information content (AvgIpc) is 3.06. The topological polar surface area (TPSA) is 76.3 Å². The molecule has 1 saturated heterocycles. The number of carbonyl (C=O) groups excluding carboxylic acids is 1. The fraction of sp³-hybridized carbons (Fsp3) is 0.368. The summed E-state index contributed by atoms with van der Waals surface area (Å²) in [5, 5.41) is 4.48. The van der Waals surface area contributed by atoms with Crippen molar-refractivity contribution < 1.29 is 4.79 Å². The largest absolute Gasteiger partial charge is 0.368 e. The van der Waals surface area contributed by atoms with Crippen LogP contribution >= 0.6 is 0 Å². The van der Waals surface area contributed by atoms with Crippen molar-refractivity contribution in [3.05, 3.63) is 52.7 Å². The first-order valence-electron chi connectivity index (χ1n) is 8.99. The summed E-state index contributed by atoms with van der Waals surface area (Å²) >= 11 is 0. The van der Waals surface area contributed by atoms with E-state index < -0.39 is 0 Å². The van der Waals surface area contributed by atoms with E-state index in [1.54, 1.807) is 11.7 Å². The third-order valence-electron chi connectivity index (χ3n) is 5.02. The summed E-state index contributed by atoms with van der Waals surface area (Å²) in [6.07, 6.45) is 2.92. The van der Waals surface area contributed by atoms with Gasteiger partial charge in [-0.15, -0.1) is 0 Å². The Labute approximate surface area is 156 Å². The Morgan fingerprint density at radius 2 is 1.96 bits per heavy atom. The summed E-state index contributed by atoms with van der Waals surface area (Å²) in [5.74, 6) is -0.0639. The number of nitrogens with zero attached hydrogens (tertiary/aromatic N) is 6. The highest BCUT2D eigenvalue weighted by Gasteiger charge is 2.22. The molecule has 2 aromatic heterocycles. The first-order valence-corrected chi connectivity index (χ1v) is 8.99. The molecule has 1 fully saturated rings. The van der Waals surface area contributed by atoms with E-state index in [4.69, 9.17) is 0 Å². The molecule has 1 amide bonds. The van der Waals surface area contributed by atoms with Crippen LogP contribution in [0.25, 0.3) is 11.0 Å². The molecule has 3 aromatic rings. The summed E-state index contributed by atoms with van der Waals surface area (Å²) in [4.78, 5) is 33.5. The van der Waals surface area contributed by atoms with E-state index in [9.17, 15) is 9.59 Å². The predicted molar refractivity (Wildman–Crippen MR) is 103 cm³/mol. The Balaban J connectivity index is 1.43. The number of rotatable bonds is 3. The molecular weight excluding hydrogens is 344 g/mol. The zero-order valence-corrected chi connectivity index (χ0v) is 15.5. The van der Waals surface area contributed by atoms with Crippen LogP contribution in [0.5, 0.6) is 0 Å². The van der Waals surface area contributed by atoms with Crippen molar-refractivity contribution >= 4 is 22.6 Å². The van der Waals surface area contributed by atoms with Gasteiger partial charge in [0.05, 0.1) is 6.20 Å². The highest BCUT2D eigenvalue weighted by atomic mass is 16.2. The Hall–Kier alpha value is -3.16. The molecule has 4 rings (SSSR count). The molecule has 8 nitrogen and oxygen atoms in total. The second-order valence-electron chi connectivity index (χ2n) is 6.89. The standard InChI is InChI=1S/C19H22N6O2/c1-14-4-3-5-15(10-14)23-6-8-24(9-7-23)17(26)12-25-13-20-18-16(19(25)27)11-21-22(18)2/h3-5,10-11,13H,6-9,12H2,1-2H3. The van der Waals surface area contributed by atoms with Crippen molar-refractivity contribution in [2.24, 2.45) is 7.05 Å². The van der Waals surface area contributed by atoms with Crippen LogP contribution in [0.2, 0.25) is 0 Å². The van der Waals surface area contributed by atoms with Crippen molar-refractivity contribution in [3.63, 3.8) is 0 Å². The molecule has 0 unspecified atom stereocenters. The van der Waals surface area contributed by atoms with Gasteiger partial charge in [0.1, 0.15) is 18.3 Å². The maximum Gasteiger partial charge on any atom is 0.264 e. The quantitative estimate of drug-likeness (QED) is 0.685. The van der Waals surface area contributed by atoms with Gasteiger partial charge in [0.15, 0.2) is 5.65 Å². The lowest BCUT2D eigenvalue weighted by Gasteiger charge is -2.36. The molecule has 1 aliphatic heterocycles. The normalized spacial score (nSPS) is 14.7. The highest BCUT2D eigenvalue weighted by molar-refractivity contribution is 5.77. The molecule has 0 radical (unpaired) electrons. The highest BCUT2D eigenvalue weighted by Crippen LogP contribution is 2.18. The number of hydrogen-bond acceptors (Lipinski definition) is 5. The van der Waals surface area contributed by atoms with E-state index in [1.807, 2.05) is 4.90 Å². The summed E-state index contributed by atoms with van der Waals surface area (Å²) in [5.41, 5.74) is 2.70. The van der Waals surface area contributed by atoms with Gasteiger partial charge in [-0.3, -0.25) is 18.8 Å². The van der Waals surface area contributed by atoms with E-state index >= 15 is 0 Å². The molecule has 8 heteroatoms. The van der Waals surface area contributed by atoms with Crippen molar-refractivity contribution in [1.82, 2.24) is 24.2 Å². The fourth-order valence-electron chi connectivity index (χ4n) is 3.46. The van der Waals surface area contributed by atoms with Gasteiger partial charge in [0, 0.05) is 38.9 Å². The SMILES string of the molecule is Cc1cccc(N2CCN(C(=O)Cn3cnc4c(cnn4C)c3=O)CC2)c1. The molecule has 0 atom stereocenters. The van der Waals surface area contributed by atoms with Crippen LogP contribution in [0.1, 0.15) is 5.56 Å². The molecule has 1 aromatic carbocycles. The minimum absolute atomic E-state index is 0.00110. The zero-order chi connectivity index (χ0) is 19.0. The number of amides is 1. The van der Waals surface area contributed by atoms with Crippen molar-refractivity contribution in [2.75, 3.05) is 31.1 Å².